The number of hydrogen-bond donors (Lipinski definition) is 3. The van der Waals surface area contributed by atoms with Crippen molar-refractivity contribution >= 4 is 0 Å². The van der Waals surface area contributed by atoms with E-state index in [4.69, 9.17) is 9.47 Å². The first kappa shape index (κ1) is 27.6. The summed E-state index contributed by atoms with van der Waals surface area (Å²) in [6, 6.07) is 0. The average Bonchev–Trinajstić information content (AvgIpc) is 3.08. The third-order valence-electron chi connectivity index (χ3n) is 5.97. The van der Waals surface area contributed by atoms with Crippen LogP contribution in [-0.4, -0.2) is 59.6 Å². The molecule has 1 aliphatic rings. The van der Waals surface area contributed by atoms with Crippen LogP contribution in [0.25, 0.3) is 0 Å². The van der Waals surface area contributed by atoms with Crippen LogP contribution < -0.4 is 0 Å². The Morgan fingerprint density at radius 3 is 1.87 bits per heavy atom. The molecule has 0 aliphatic carbocycles. The first-order valence-corrected chi connectivity index (χ1v) is 12.6. The van der Waals surface area contributed by atoms with Crippen LogP contribution in [0.5, 0.6) is 0 Å². The lowest BCUT2D eigenvalue weighted by Crippen LogP contribution is -2.42. The molecule has 5 nitrogen and oxygen atoms in total. The molecule has 5 heteroatoms. The van der Waals surface area contributed by atoms with Crippen molar-refractivity contribution in [2.75, 3.05) is 19.8 Å². The predicted molar refractivity (Wildman–Crippen MR) is 123 cm³/mol. The number of aliphatic hydroxyl groups excluding tert-OH is 3. The second-order valence-corrected chi connectivity index (χ2v) is 8.74. The summed E-state index contributed by atoms with van der Waals surface area (Å²) in [6.07, 6.45) is 20.8. The molecule has 178 valence electrons. The molecular formula is C25H48O5. The SMILES string of the molecule is CCCC/C=C/CCCCCCCCCCCCCO[C@@H](CO)[C@H]1OC[C@@H](O)[C@H]1O. The fourth-order valence-corrected chi connectivity index (χ4v) is 3.95. The minimum atomic E-state index is -0.977. The first-order chi connectivity index (χ1) is 14.7. The van der Waals surface area contributed by atoms with Gasteiger partial charge in [-0.3, -0.25) is 0 Å². The molecule has 30 heavy (non-hydrogen) atoms. The molecule has 0 spiro atoms. The van der Waals surface area contributed by atoms with Crippen molar-refractivity contribution in [1.29, 1.82) is 0 Å². The van der Waals surface area contributed by atoms with Gasteiger partial charge in [-0.25, -0.2) is 0 Å². The van der Waals surface area contributed by atoms with Gasteiger partial charge in [0, 0.05) is 6.61 Å². The molecule has 0 radical (unpaired) electrons. The number of hydrogen-bond acceptors (Lipinski definition) is 5. The zero-order valence-electron chi connectivity index (χ0n) is 19.4. The first-order valence-electron chi connectivity index (χ1n) is 12.6. The lowest BCUT2D eigenvalue weighted by Gasteiger charge is -2.24. The third-order valence-corrected chi connectivity index (χ3v) is 5.97. The minimum Gasteiger partial charge on any atom is -0.394 e. The van der Waals surface area contributed by atoms with Gasteiger partial charge in [-0.15, -0.1) is 0 Å². The van der Waals surface area contributed by atoms with Crippen LogP contribution in [0.3, 0.4) is 0 Å². The van der Waals surface area contributed by atoms with E-state index in [1.54, 1.807) is 0 Å². The zero-order valence-corrected chi connectivity index (χ0v) is 19.4. The molecule has 0 aromatic carbocycles. The summed E-state index contributed by atoms with van der Waals surface area (Å²) in [6.45, 7) is 2.70. The number of unbranched alkanes of at least 4 members (excludes halogenated alkanes) is 13. The van der Waals surface area contributed by atoms with Gasteiger partial charge in [-0.2, -0.15) is 0 Å². The molecule has 1 aliphatic heterocycles. The van der Waals surface area contributed by atoms with Gasteiger partial charge in [0.15, 0.2) is 0 Å². The van der Waals surface area contributed by atoms with Crippen LogP contribution in [0.2, 0.25) is 0 Å². The maximum absolute atomic E-state index is 9.84. The number of rotatable bonds is 20. The summed E-state index contributed by atoms with van der Waals surface area (Å²) in [5.41, 5.74) is 0. The molecule has 1 saturated heterocycles. The van der Waals surface area contributed by atoms with E-state index in [1.807, 2.05) is 0 Å². The van der Waals surface area contributed by atoms with Gasteiger partial charge in [0.05, 0.1) is 13.2 Å². The van der Waals surface area contributed by atoms with E-state index in [0.29, 0.717) is 6.61 Å². The van der Waals surface area contributed by atoms with Crippen LogP contribution in [0, 0.1) is 0 Å². The van der Waals surface area contributed by atoms with Crippen LogP contribution >= 0.6 is 0 Å². The third kappa shape index (κ3) is 13.1. The molecule has 1 heterocycles. The van der Waals surface area contributed by atoms with Crippen LogP contribution in [-0.2, 0) is 9.47 Å². The normalized spacial score (nSPS) is 22.9. The van der Waals surface area contributed by atoms with Crippen molar-refractivity contribution < 1.29 is 24.8 Å². The Hall–Kier alpha value is -0.460. The molecule has 0 aromatic rings. The van der Waals surface area contributed by atoms with Crippen molar-refractivity contribution in [3.05, 3.63) is 12.2 Å². The second-order valence-electron chi connectivity index (χ2n) is 8.74. The van der Waals surface area contributed by atoms with Gasteiger partial charge in [-0.1, -0.05) is 89.7 Å². The fourth-order valence-electron chi connectivity index (χ4n) is 3.95. The molecule has 0 aromatic heterocycles. The monoisotopic (exact) mass is 428 g/mol. The summed E-state index contributed by atoms with van der Waals surface area (Å²) in [7, 11) is 0. The van der Waals surface area contributed by atoms with E-state index in [0.717, 1.165) is 12.8 Å². The Labute approximate surface area is 184 Å². The topological polar surface area (TPSA) is 79.2 Å². The Morgan fingerprint density at radius 1 is 0.833 bits per heavy atom. The average molecular weight is 429 g/mol. The molecule has 0 amide bonds. The maximum Gasteiger partial charge on any atom is 0.114 e. The van der Waals surface area contributed by atoms with E-state index in [9.17, 15) is 15.3 Å². The lowest BCUT2D eigenvalue weighted by atomic mass is 10.0. The maximum atomic E-state index is 9.84. The van der Waals surface area contributed by atoms with Crippen LogP contribution in [0.4, 0.5) is 0 Å². The van der Waals surface area contributed by atoms with E-state index in [-0.39, 0.29) is 13.2 Å². The standard InChI is InChI=1S/C25H48O5/c1-2-3-4-5-6-7-8-9-10-11-12-13-14-15-16-17-18-19-29-23(20-26)25-24(28)22(27)21-30-25/h5-6,22-28H,2-4,7-21H2,1H3/b6-5+/t22-,23+,24-,25-/m1/s1. The highest BCUT2D eigenvalue weighted by molar-refractivity contribution is 4.88. The zero-order chi connectivity index (χ0) is 21.9. The fraction of sp³-hybridized carbons (Fsp3) is 0.920. The van der Waals surface area contributed by atoms with E-state index in [1.165, 1.54) is 83.5 Å². The molecule has 4 atom stereocenters. The number of allylic oxidation sites excluding steroid dienone is 2. The van der Waals surface area contributed by atoms with Crippen molar-refractivity contribution in [2.24, 2.45) is 0 Å². The molecule has 0 saturated carbocycles. The second kappa shape index (κ2) is 19.2. The summed E-state index contributed by atoms with van der Waals surface area (Å²) < 4.78 is 11.0. The van der Waals surface area contributed by atoms with Gasteiger partial charge >= 0.3 is 0 Å². The van der Waals surface area contributed by atoms with Crippen molar-refractivity contribution in [1.82, 2.24) is 0 Å². The Balaban J connectivity index is 1.82. The number of ether oxygens (including phenoxy) is 2. The number of aliphatic hydroxyl groups is 3. The van der Waals surface area contributed by atoms with Crippen LogP contribution in [0.15, 0.2) is 12.2 Å². The minimum absolute atomic E-state index is 0.0994. The molecule has 1 rings (SSSR count). The quantitative estimate of drug-likeness (QED) is 0.190. The van der Waals surface area contributed by atoms with E-state index in [2.05, 4.69) is 19.1 Å². The lowest BCUT2D eigenvalue weighted by molar-refractivity contribution is -0.101. The molecule has 1 fully saturated rings. The Bertz CT molecular complexity index is 401. The van der Waals surface area contributed by atoms with Gasteiger partial charge in [0.25, 0.3) is 0 Å². The van der Waals surface area contributed by atoms with Crippen molar-refractivity contribution in [3.63, 3.8) is 0 Å². The summed E-state index contributed by atoms with van der Waals surface area (Å²) >= 11 is 0. The highest BCUT2D eigenvalue weighted by Gasteiger charge is 2.40. The molecular weight excluding hydrogens is 380 g/mol. The molecule has 3 N–H and O–H groups in total. The van der Waals surface area contributed by atoms with Gasteiger partial charge in [0.2, 0.25) is 0 Å². The van der Waals surface area contributed by atoms with Crippen molar-refractivity contribution in [2.45, 2.75) is 128 Å². The predicted octanol–water partition coefficient (Wildman–Crippen LogP) is 4.91. The van der Waals surface area contributed by atoms with E-state index >= 15 is 0 Å². The van der Waals surface area contributed by atoms with E-state index < -0.39 is 24.4 Å². The summed E-state index contributed by atoms with van der Waals surface area (Å²) in [5.74, 6) is 0. The summed E-state index contributed by atoms with van der Waals surface area (Å²) in [5, 5.41) is 28.8. The van der Waals surface area contributed by atoms with Crippen molar-refractivity contribution in [3.8, 4) is 0 Å². The van der Waals surface area contributed by atoms with Gasteiger partial charge < -0.3 is 24.8 Å². The summed E-state index contributed by atoms with van der Waals surface area (Å²) in [4.78, 5) is 0. The largest absolute Gasteiger partial charge is 0.394 e. The smallest absolute Gasteiger partial charge is 0.114 e. The molecule has 0 unspecified atom stereocenters. The molecule has 0 bridgehead atoms. The van der Waals surface area contributed by atoms with Gasteiger partial charge in [-0.05, 0) is 25.7 Å². The Morgan fingerprint density at radius 2 is 1.37 bits per heavy atom. The highest BCUT2D eigenvalue weighted by Crippen LogP contribution is 2.20. The highest BCUT2D eigenvalue weighted by atomic mass is 16.6. The Kier molecular flexibility index (Phi) is 17.7. The van der Waals surface area contributed by atoms with Crippen LogP contribution in [0.1, 0.15) is 103 Å². The van der Waals surface area contributed by atoms with Gasteiger partial charge in [0.1, 0.15) is 24.4 Å².